The molecule has 0 unspecified atom stereocenters. The number of ether oxygens (including phenoxy) is 1. The van der Waals surface area contributed by atoms with Crippen molar-refractivity contribution >= 4 is 17.6 Å². The fraction of sp³-hybridized carbons (Fsp3) is 0.600. The number of hydrogen-bond donors (Lipinski definition) is 1. The number of carbonyl (C=O) groups excluding carboxylic acids is 1. The molecule has 250 valence electrons. The third-order valence-electron chi connectivity index (χ3n) is 10.6. The fourth-order valence-corrected chi connectivity index (χ4v) is 7.70. The van der Waals surface area contributed by atoms with Crippen molar-refractivity contribution in [1.29, 1.82) is 0 Å². The zero-order valence-electron chi connectivity index (χ0n) is 26.7. The maximum absolute atomic E-state index is 17.3. The lowest BCUT2D eigenvalue weighted by atomic mass is 9.82. The van der Waals surface area contributed by atoms with Gasteiger partial charge in [0, 0.05) is 62.8 Å². The summed E-state index contributed by atoms with van der Waals surface area (Å²) in [5, 5.41) is 9.41. The molecule has 6 rings (SSSR count). The van der Waals surface area contributed by atoms with Crippen molar-refractivity contribution in [3.8, 4) is 5.75 Å². The number of piperidine rings is 2. The number of amides is 1. The molecule has 0 radical (unpaired) electrons. The number of fused-ring (bicyclic) bond motifs is 1. The first kappa shape index (κ1) is 32.6. The first-order chi connectivity index (χ1) is 21.6. The van der Waals surface area contributed by atoms with E-state index in [1.807, 2.05) is 48.8 Å². The van der Waals surface area contributed by atoms with Gasteiger partial charge in [-0.05, 0) is 87.3 Å². The number of hydrogen-bond acceptors (Lipinski definition) is 5. The van der Waals surface area contributed by atoms with E-state index < -0.39 is 41.1 Å². The van der Waals surface area contributed by atoms with Gasteiger partial charge in [-0.15, -0.1) is 0 Å². The third-order valence-corrected chi connectivity index (χ3v) is 10.6. The molecular weight excluding hydrogens is 602 g/mol. The highest BCUT2D eigenvalue weighted by molar-refractivity contribution is 5.87. The molecule has 4 aliphatic heterocycles. The molecule has 1 N–H and O–H groups in total. The summed E-state index contributed by atoms with van der Waals surface area (Å²) in [7, 11) is 0. The topological polar surface area (TPSA) is 73.3 Å². The second-order valence-corrected chi connectivity index (χ2v) is 14.4. The van der Waals surface area contributed by atoms with Crippen molar-refractivity contribution in [3.05, 3.63) is 58.7 Å². The monoisotopic (exact) mass is 645 g/mol. The van der Waals surface area contributed by atoms with Crippen molar-refractivity contribution in [2.24, 2.45) is 5.92 Å². The highest BCUT2D eigenvalue weighted by Crippen LogP contribution is 2.46. The Hall–Kier alpha value is -3.34. The number of rotatable bonds is 5. The normalized spacial score (nSPS) is 25.1. The van der Waals surface area contributed by atoms with Crippen LogP contribution in [0.5, 0.6) is 5.75 Å². The van der Waals surface area contributed by atoms with Gasteiger partial charge in [-0.3, -0.25) is 14.5 Å². The smallest absolute Gasteiger partial charge is 0.416 e. The average molecular weight is 646 g/mol. The second-order valence-electron chi connectivity index (χ2n) is 14.4. The molecule has 11 heteroatoms. The molecule has 0 aliphatic carbocycles. The standard InChI is InChI=1S/C35H43F4N3O4/c1-33(2,3)42-20-28(24-4-7-30-25(18-24)12-17-46-30)34(36,21-42)32(45)41-15-8-22(9-16-41)27-6-5-26(35(37,38)39)19-29(27)40-13-10-23(11-14-40)31(43)44/h4-7,18-19,22-23,28H,8-17,20-21H2,1-3H3,(H,43,44)/t28-,34-/m0/s1. The van der Waals surface area contributed by atoms with Gasteiger partial charge in [-0.25, -0.2) is 4.39 Å². The quantitative estimate of drug-likeness (QED) is 0.388. The third kappa shape index (κ3) is 6.19. The molecule has 0 bridgehead atoms. The number of halogens is 4. The van der Waals surface area contributed by atoms with E-state index in [0.29, 0.717) is 70.7 Å². The van der Waals surface area contributed by atoms with Crippen LogP contribution in [0, 0.1) is 5.92 Å². The van der Waals surface area contributed by atoms with Gasteiger partial charge in [0.2, 0.25) is 5.67 Å². The molecule has 2 aromatic carbocycles. The van der Waals surface area contributed by atoms with Gasteiger partial charge in [0.15, 0.2) is 0 Å². The Labute approximate surface area is 267 Å². The minimum absolute atomic E-state index is 0.0110. The number of anilines is 1. The van der Waals surface area contributed by atoms with Crippen LogP contribution in [0.15, 0.2) is 36.4 Å². The van der Waals surface area contributed by atoms with Crippen LogP contribution in [-0.2, 0) is 22.2 Å². The first-order valence-electron chi connectivity index (χ1n) is 16.3. The molecule has 0 spiro atoms. The van der Waals surface area contributed by atoms with Crippen molar-refractivity contribution in [2.45, 2.75) is 82.1 Å². The minimum Gasteiger partial charge on any atom is -0.493 e. The van der Waals surface area contributed by atoms with Gasteiger partial charge in [0.05, 0.1) is 18.1 Å². The molecule has 0 saturated carbocycles. The van der Waals surface area contributed by atoms with E-state index in [9.17, 15) is 27.9 Å². The van der Waals surface area contributed by atoms with Crippen LogP contribution >= 0.6 is 0 Å². The van der Waals surface area contributed by atoms with Crippen LogP contribution in [0.25, 0.3) is 0 Å². The van der Waals surface area contributed by atoms with E-state index in [2.05, 4.69) is 0 Å². The summed E-state index contributed by atoms with van der Waals surface area (Å²) < 4.78 is 64.2. The molecule has 7 nitrogen and oxygen atoms in total. The summed E-state index contributed by atoms with van der Waals surface area (Å²) in [5.74, 6) is -1.86. The van der Waals surface area contributed by atoms with Crippen LogP contribution in [0.2, 0.25) is 0 Å². The lowest BCUT2D eigenvalue weighted by molar-refractivity contribution is -0.145. The summed E-state index contributed by atoms with van der Waals surface area (Å²) in [6.45, 7) is 8.37. The summed E-state index contributed by atoms with van der Waals surface area (Å²) in [6, 6.07) is 9.55. The van der Waals surface area contributed by atoms with E-state index >= 15 is 4.39 Å². The van der Waals surface area contributed by atoms with E-state index in [1.165, 1.54) is 12.1 Å². The predicted molar refractivity (Wildman–Crippen MR) is 166 cm³/mol. The zero-order valence-corrected chi connectivity index (χ0v) is 26.7. The summed E-state index contributed by atoms with van der Waals surface area (Å²) in [5.41, 5.74) is -0.139. The van der Waals surface area contributed by atoms with E-state index in [-0.39, 0.29) is 18.0 Å². The number of benzene rings is 2. The lowest BCUT2D eigenvalue weighted by Gasteiger charge is -2.39. The van der Waals surface area contributed by atoms with Gasteiger partial charge in [-0.1, -0.05) is 18.2 Å². The first-order valence-corrected chi connectivity index (χ1v) is 16.3. The van der Waals surface area contributed by atoms with Gasteiger partial charge in [-0.2, -0.15) is 13.2 Å². The fourth-order valence-electron chi connectivity index (χ4n) is 7.70. The van der Waals surface area contributed by atoms with Crippen LogP contribution < -0.4 is 9.64 Å². The van der Waals surface area contributed by atoms with Crippen molar-refractivity contribution < 1.29 is 37.0 Å². The maximum atomic E-state index is 17.3. The molecule has 0 aromatic heterocycles. The second kappa shape index (κ2) is 12.0. The predicted octanol–water partition coefficient (Wildman–Crippen LogP) is 6.25. The number of alkyl halides is 4. The maximum Gasteiger partial charge on any atom is 0.416 e. The Morgan fingerprint density at radius 2 is 1.65 bits per heavy atom. The Balaban J connectivity index is 1.21. The van der Waals surface area contributed by atoms with Crippen molar-refractivity contribution in [2.75, 3.05) is 50.8 Å². The average Bonchev–Trinajstić information content (AvgIpc) is 3.64. The number of carbonyl (C=O) groups is 2. The van der Waals surface area contributed by atoms with Crippen LogP contribution in [0.3, 0.4) is 0 Å². The Morgan fingerprint density at radius 1 is 0.957 bits per heavy atom. The van der Waals surface area contributed by atoms with Crippen LogP contribution in [0.1, 0.15) is 80.5 Å². The SMILES string of the molecule is CC(C)(C)N1C[C@@H](c2ccc3c(c2)CCO3)[C@](F)(C(=O)N2CCC(c3ccc(C(F)(F)F)cc3N3CCC(C(=O)O)CC3)CC2)C1. The number of nitrogens with zero attached hydrogens (tertiary/aromatic N) is 3. The van der Waals surface area contributed by atoms with E-state index in [0.717, 1.165) is 34.9 Å². The number of likely N-dealkylation sites (tertiary alicyclic amines) is 2. The van der Waals surface area contributed by atoms with Gasteiger partial charge in [0.1, 0.15) is 5.75 Å². The molecule has 4 aliphatic rings. The van der Waals surface area contributed by atoms with Crippen molar-refractivity contribution in [1.82, 2.24) is 9.80 Å². The molecule has 2 atom stereocenters. The summed E-state index contributed by atoms with van der Waals surface area (Å²) in [4.78, 5) is 31.1. The number of carboxylic acids is 1. The van der Waals surface area contributed by atoms with E-state index in [4.69, 9.17) is 4.74 Å². The Kier molecular flexibility index (Phi) is 8.53. The van der Waals surface area contributed by atoms with Gasteiger partial charge in [0.25, 0.3) is 5.91 Å². The van der Waals surface area contributed by atoms with Gasteiger partial charge < -0.3 is 19.6 Å². The molecule has 3 saturated heterocycles. The molecule has 3 fully saturated rings. The lowest BCUT2D eigenvalue weighted by Crippen LogP contribution is -2.53. The Morgan fingerprint density at radius 3 is 2.28 bits per heavy atom. The molecule has 4 heterocycles. The number of carboxylic acid groups (broad SMARTS) is 1. The van der Waals surface area contributed by atoms with Gasteiger partial charge >= 0.3 is 12.1 Å². The van der Waals surface area contributed by atoms with E-state index in [1.54, 1.807) is 4.90 Å². The molecule has 2 aromatic rings. The summed E-state index contributed by atoms with van der Waals surface area (Å²) in [6.07, 6.45) is -2.04. The molecule has 1 amide bonds. The minimum atomic E-state index is -4.51. The Bertz CT molecular complexity index is 1480. The van der Waals surface area contributed by atoms with Crippen LogP contribution in [0.4, 0.5) is 23.2 Å². The van der Waals surface area contributed by atoms with Crippen molar-refractivity contribution in [3.63, 3.8) is 0 Å². The largest absolute Gasteiger partial charge is 0.493 e. The summed E-state index contributed by atoms with van der Waals surface area (Å²) >= 11 is 0. The van der Waals surface area contributed by atoms with Crippen LogP contribution in [-0.4, -0.2) is 83.9 Å². The highest BCUT2D eigenvalue weighted by Gasteiger charge is 2.57. The highest BCUT2D eigenvalue weighted by atomic mass is 19.4. The number of aliphatic carboxylic acids is 1. The molecular formula is C35H43F4N3O4. The molecule has 46 heavy (non-hydrogen) atoms. The zero-order chi connectivity index (χ0) is 33.0.